The van der Waals surface area contributed by atoms with E-state index < -0.39 is 46.6 Å². The number of aliphatic hydroxyl groups is 2. The third kappa shape index (κ3) is 7.35. The van der Waals surface area contributed by atoms with Crippen molar-refractivity contribution in [1.29, 1.82) is 0 Å². The maximum absolute atomic E-state index is 12.5. The minimum Gasteiger partial charge on any atom is -0.477 e. The average molecular weight is 466 g/mol. The second-order valence-corrected chi connectivity index (χ2v) is 10.0. The summed E-state index contributed by atoms with van der Waals surface area (Å²) in [6.45, 7) is 13.2. The minimum absolute atomic E-state index is 0.0716. The van der Waals surface area contributed by atoms with Gasteiger partial charge in [0.05, 0.1) is 17.9 Å². The zero-order valence-electron chi connectivity index (χ0n) is 20.9. The molecule has 33 heavy (non-hydrogen) atoms. The number of hydrogen-bond acceptors (Lipinski definition) is 6. The maximum Gasteiger partial charge on any atom is 0.341 e. The van der Waals surface area contributed by atoms with Gasteiger partial charge in [-0.15, -0.1) is 0 Å². The van der Waals surface area contributed by atoms with Gasteiger partial charge in [0.25, 0.3) is 0 Å². The predicted molar refractivity (Wildman–Crippen MR) is 126 cm³/mol. The van der Waals surface area contributed by atoms with E-state index in [1.807, 2.05) is 47.6 Å². The number of pyridine rings is 1. The van der Waals surface area contributed by atoms with Gasteiger partial charge >= 0.3 is 5.97 Å². The SMILES string of the molecule is COC(/C(C)=C/C(C)CC(C)C(=O)C(C)(C)C)C(C)C(O)C(O)c1[nH]ccc(=O)c1C(=O)O. The van der Waals surface area contributed by atoms with Gasteiger partial charge in [-0.25, -0.2) is 4.79 Å². The van der Waals surface area contributed by atoms with Gasteiger partial charge in [-0.05, 0) is 24.8 Å². The van der Waals surface area contributed by atoms with Crippen LogP contribution in [0.25, 0.3) is 0 Å². The molecule has 8 nitrogen and oxygen atoms in total. The van der Waals surface area contributed by atoms with Gasteiger partial charge in [0.1, 0.15) is 17.5 Å². The second-order valence-electron chi connectivity index (χ2n) is 10.0. The smallest absolute Gasteiger partial charge is 0.341 e. The molecule has 6 unspecified atom stereocenters. The fourth-order valence-electron chi connectivity index (χ4n) is 4.42. The van der Waals surface area contributed by atoms with Crippen molar-refractivity contribution in [2.45, 2.75) is 73.2 Å². The molecule has 0 spiro atoms. The van der Waals surface area contributed by atoms with Crippen LogP contribution in [0.2, 0.25) is 0 Å². The van der Waals surface area contributed by atoms with E-state index >= 15 is 0 Å². The molecule has 0 radical (unpaired) electrons. The Bertz CT molecular complexity index is 912. The molecule has 0 amide bonds. The van der Waals surface area contributed by atoms with Crippen molar-refractivity contribution in [3.63, 3.8) is 0 Å². The topological polar surface area (TPSA) is 137 Å². The highest BCUT2D eigenvalue weighted by atomic mass is 16.5. The molecule has 6 atom stereocenters. The van der Waals surface area contributed by atoms with E-state index in [1.165, 1.54) is 13.3 Å². The van der Waals surface area contributed by atoms with Crippen LogP contribution in [0.5, 0.6) is 0 Å². The third-order valence-corrected chi connectivity index (χ3v) is 6.00. The number of ketones is 1. The lowest BCUT2D eigenvalue weighted by Gasteiger charge is -2.31. The standard InChI is InChI=1S/C25H39NO7/c1-13(12-15(3)23(30)25(5,6)7)11-14(2)22(33-8)16(4)20(28)21(29)19-18(24(31)32)17(27)9-10-26-19/h9-11,13,15-16,20-22,28-29H,12H2,1-8H3,(H,26,27)(H,31,32)/b14-11+. The number of Topliss-reactive ketones (excluding diaryl/α,β-unsaturated/α-hetero) is 1. The number of rotatable bonds is 11. The molecule has 8 heteroatoms. The average Bonchev–Trinajstić information content (AvgIpc) is 2.70. The number of carboxylic acids is 1. The Kier molecular flexibility index (Phi) is 10.2. The highest BCUT2D eigenvalue weighted by molar-refractivity contribution is 5.88. The van der Waals surface area contributed by atoms with Crippen LogP contribution >= 0.6 is 0 Å². The van der Waals surface area contributed by atoms with Crippen molar-refractivity contribution < 1.29 is 29.6 Å². The Hall–Kier alpha value is -2.29. The summed E-state index contributed by atoms with van der Waals surface area (Å²) in [7, 11) is 1.49. The Morgan fingerprint density at radius 3 is 2.24 bits per heavy atom. The quantitative estimate of drug-likeness (QED) is 0.368. The molecule has 0 aliphatic heterocycles. The number of hydrogen-bond donors (Lipinski definition) is 4. The van der Waals surface area contributed by atoms with Gasteiger partial charge in [-0.3, -0.25) is 9.59 Å². The van der Waals surface area contributed by atoms with Gasteiger partial charge < -0.3 is 25.0 Å². The van der Waals surface area contributed by atoms with Crippen LogP contribution in [-0.2, 0) is 9.53 Å². The number of H-pyrrole nitrogens is 1. The third-order valence-electron chi connectivity index (χ3n) is 6.00. The first-order valence-electron chi connectivity index (χ1n) is 11.2. The molecule has 0 aromatic carbocycles. The van der Waals surface area contributed by atoms with Crippen molar-refractivity contribution in [2.24, 2.45) is 23.2 Å². The van der Waals surface area contributed by atoms with E-state index in [1.54, 1.807) is 6.92 Å². The monoisotopic (exact) mass is 465 g/mol. The molecule has 4 N–H and O–H groups in total. The molecule has 0 aliphatic carbocycles. The lowest BCUT2D eigenvalue weighted by atomic mass is 9.80. The summed E-state index contributed by atoms with van der Waals surface area (Å²) in [6.07, 6.45) is 0.263. The van der Waals surface area contributed by atoms with Gasteiger partial charge in [-0.1, -0.05) is 47.6 Å². The molecule has 1 rings (SSSR count). The number of carboxylic acid groups (broad SMARTS) is 1. The molecule has 1 heterocycles. The highest BCUT2D eigenvalue weighted by Gasteiger charge is 2.34. The summed E-state index contributed by atoms with van der Waals surface area (Å²) < 4.78 is 5.60. The highest BCUT2D eigenvalue weighted by Crippen LogP contribution is 2.30. The van der Waals surface area contributed by atoms with E-state index in [4.69, 9.17) is 4.74 Å². The zero-order chi connectivity index (χ0) is 25.7. The number of carbonyl (C=O) groups is 2. The van der Waals surface area contributed by atoms with Crippen molar-refractivity contribution in [2.75, 3.05) is 7.11 Å². The van der Waals surface area contributed by atoms with Crippen LogP contribution < -0.4 is 5.43 Å². The molecule has 1 aromatic heterocycles. The first-order chi connectivity index (χ1) is 15.1. The molecular weight excluding hydrogens is 426 g/mol. The Labute approximate surface area is 195 Å². The van der Waals surface area contributed by atoms with Crippen molar-refractivity contribution in [3.05, 3.63) is 45.4 Å². The lowest BCUT2D eigenvalue weighted by Crippen LogP contribution is -2.37. The molecule has 0 saturated carbocycles. The molecule has 186 valence electrons. The van der Waals surface area contributed by atoms with Crippen LogP contribution in [0, 0.1) is 23.2 Å². The number of carbonyl (C=O) groups excluding carboxylic acids is 1. The van der Waals surface area contributed by atoms with Crippen molar-refractivity contribution in [3.8, 4) is 0 Å². The van der Waals surface area contributed by atoms with E-state index in [0.717, 1.165) is 11.6 Å². The molecule has 0 aliphatic rings. The first kappa shape index (κ1) is 28.7. The molecule has 0 bridgehead atoms. The molecule has 0 fully saturated rings. The number of aromatic amines is 1. The predicted octanol–water partition coefficient (Wildman–Crippen LogP) is 3.34. The zero-order valence-corrected chi connectivity index (χ0v) is 20.9. The fourth-order valence-corrected chi connectivity index (χ4v) is 4.42. The van der Waals surface area contributed by atoms with Crippen LogP contribution in [0.1, 0.15) is 77.0 Å². The van der Waals surface area contributed by atoms with E-state index in [9.17, 15) is 29.7 Å². The van der Waals surface area contributed by atoms with Crippen LogP contribution in [0.4, 0.5) is 0 Å². The second kappa shape index (κ2) is 11.7. The van der Waals surface area contributed by atoms with Gasteiger partial charge in [0.2, 0.25) is 0 Å². The fraction of sp³-hybridized carbons (Fsp3) is 0.640. The van der Waals surface area contributed by atoms with Crippen LogP contribution in [0.3, 0.4) is 0 Å². The summed E-state index contributed by atoms with van der Waals surface area (Å²) in [6, 6.07) is 1.05. The number of nitrogens with one attached hydrogen (secondary N) is 1. The summed E-state index contributed by atoms with van der Waals surface area (Å²) in [4.78, 5) is 38.5. The summed E-state index contributed by atoms with van der Waals surface area (Å²) in [5, 5.41) is 30.8. The van der Waals surface area contributed by atoms with Gasteiger partial charge in [0, 0.05) is 36.6 Å². The van der Waals surface area contributed by atoms with Gasteiger partial charge in [-0.2, -0.15) is 0 Å². The van der Waals surface area contributed by atoms with E-state index in [2.05, 4.69) is 4.98 Å². The van der Waals surface area contributed by atoms with Crippen LogP contribution in [-0.4, -0.2) is 51.4 Å². The van der Waals surface area contributed by atoms with Crippen molar-refractivity contribution >= 4 is 11.8 Å². The number of aliphatic hydroxyl groups excluding tert-OH is 2. The Morgan fingerprint density at radius 1 is 1.18 bits per heavy atom. The minimum atomic E-state index is -1.63. The normalized spacial score (nSPS) is 18.2. The number of aromatic carboxylic acids is 1. The van der Waals surface area contributed by atoms with Crippen LogP contribution in [0.15, 0.2) is 28.7 Å². The largest absolute Gasteiger partial charge is 0.477 e. The van der Waals surface area contributed by atoms with E-state index in [-0.39, 0.29) is 23.3 Å². The number of ether oxygens (including phenoxy) is 1. The first-order valence-corrected chi connectivity index (χ1v) is 11.2. The summed E-state index contributed by atoms with van der Waals surface area (Å²) in [5.74, 6) is -1.96. The molecular formula is C25H39NO7. The summed E-state index contributed by atoms with van der Waals surface area (Å²) >= 11 is 0. The van der Waals surface area contributed by atoms with E-state index in [0.29, 0.717) is 6.42 Å². The molecule has 0 saturated heterocycles. The number of methoxy groups -OCH3 is 1. The number of aromatic nitrogens is 1. The number of allylic oxidation sites excluding steroid dienone is 1. The van der Waals surface area contributed by atoms with Crippen molar-refractivity contribution in [1.82, 2.24) is 4.98 Å². The Morgan fingerprint density at radius 2 is 1.76 bits per heavy atom. The maximum atomic E-state index is 12.5. The summed E-state index contributed by atoms with van der Waals surface area (Å²) in [5.41, 5.74) is -1.21. The Balaban J connectivity index is 3.06. The molecule has 1 aromatic rings. The van der Waals surface area contributed by atoms with Gasteiger partial charge in [0.15, 0.2) is 5.43 Å². The lowest BCUT2D eigenvalue weighted by molar-refractivity contribution is -0.130.